The van der Waals surface area contributed by atoms with E-state index in [0.717, 1.165) is 28.5 Å². The Morgan fingerprint density at radius 3 is 2.86 bits per heavy atom. The van der Waals surface area contributed by atoms with Crippen molar-refractivity contribution in [3.05, 3.63) is 54.1 Å². The van der Waals surface area contributed by atoms with Gasteiger partial charge in [0.2, 0.25) is 11.1 Å². The van der Waals surface area contributed by atoms with Gasteiger partial charge in [0.15, 0.2) is 5.65 Å². The smallest absolute Gasteiger partial charge is 0.240 e. The van der Waals surface area contributed by atoms with E-state index < -0.39 is 0 Å². The number of carbonyl (C=O) groups is 1. The van der Waals surface area contributed by atoms with E-state index in [0.29, 0.717) is 10.8 Å². The summed E-state index contributed by atoms with van der Waals surface area (Å²) < 4.78 is 0. The SMILES string of the molecule is C[C@H](Sc1nnc2c(n1)[nH]c1ccccc12)C(=O)N1c2ccccc2C[C@@H]1C. The molecule has 2 aromatic carbocycles. The summed E-state index contributed by atoms with van der Waals surface area (Å²) in [4.78, 5) is 22.9. The lowest BCUT2D eigenvalue weighted by Crippen LogP contribution is -2.40. The molecular formula is C21H19N5OS. The molecule has 2 aromatic heterocycles. The van der Waals surface area contributed by atoms with Gasteiger partial charge in [-0.05, 0) is 38.0 Å². The number of H-pyrrole nitrogens is 1. The molecule has 3 heterocycles. The number of amides is 1. The molecule has 4 aromatic rings. The molecule has 0 unspecified atom stereocenters. The molecule has 0 radical (unpaired) electrons. The van der Waals surface area contributed by atoms with Gasteiger partial charge in [0, 0.05) is 22.6 Å². The van der Waals surface area contributed by atoms with Crippen LogP contribution in [0.4, 0.5) is 5.69 Å². The van der Waals surface area contributed by atoms with Crippen LogP contribution >= 0.6 is 11.8 Å². The molecule has 2 atom stereocenters. The molecule has 0 saturated carbocycles. The monoisotopic (exact) mass is 389 g/mol. The van der Waals surface area contributed by atoms with Gasteiger partial charge < -0.3 is 9.88 Å². The van der Waals surface area contributed by atoms with Gasteiger partial charge in [-0.2, -0.15) is 0 Å². The summed E-state index contributed by atoms with van der Waals surface area (Å²) in [6.45, 7) is 3.99. The second-order valence-corrected chi connectivity index (χ2v) is 8.42. The second kappa shape index (κ2) is 6.60. The molecule has 1 aliphatic heterocycles. The van der Waals surface area contributed by atoms with Gasteiger partial charge in [0.25, 0.3) is 0 Å². The average Bonchev–Trinajstić information content (AvgIpc) is 3.23. The van der Waals surface area contributed by atoms with Crippen LogP contribution < -0.4 is 4.90 Å². The van der Waals surface area contributed by atoms with Crippen molar-refractivity contribution in [1.82, 2.24) is 20.2 Å². The zero-order chi connectivity index (χ0) is 19.3. The maximum atomic E-state index is 13.1. The van der Waals surface area contributed by atoms with Crippen molar-refractivity contribution >= 4 is 45.4 Å². The maximum absolute atomic E-state index is 13.1. The highest BCUT2D eigenvalue weighted by Gasteiger charge is 2.33. The van der Waals surface area contributed by atoms with E-state index in [1.807, 2.05) is 54.3 Å². The van der Waals surface area contributed by atoms with Crippen LogP contribution in [0.2, 0.25) is 0 Å². The molecule has 0 bridgehead atoms. The van der Waals surface area contributed by atoms with Crippen molar-refractivity contribution < 1.29 is 4.79 Å². The molecule has 0 spiro atoms. The van der Waals surface area contributed by atoms with Gasteiger partial charge in [-0.3, -0.25) is 4.79 Å². The van der Waals surface area contributed by atoms with Crippen molar-refractivity contribution in [2.24, 2.45) is 0 Å². The van der Waals surface area contributed by atoms with E-state index in [9.17, 15) is 4.79 Å². The van der Waals surface area contributed by atoms with Crippen molar-refractivity contribution in [1.29, 1.82) is 0 Å². The molecule has 1 aliphatic rings. The summed E-state index contributed by atoms with van der Waals surface area (Å²) in [5.74, 6) is 0.0720. The Morgan fingerprint density at radius 2 is 1.96 bits per heavy atom. The Hall–Kier alpha value is -2.93. The fraction of sp³-hybridized carbons (Fsp3) is 0.238. The maximum Gasteiger partial charge on any atom is 0.240 e. The zero-order valence-corrected chi connectivity index (χ0v) is 16.4. The minimum atomic E-state index is -0.308. The van der Waals surface area contributed by atoms with Crippen LogP contribution in [0, 0.1) is 0 Å². The third-order valence-electron chi connectivity index (χ3n) is 5.18. The van der Waals surface area contributed by atoms with E-state index >= 15 is 0 Å². The molecule has 0 saturated heterocycles. The number of hydrogen-bond donors (Lipinski definition) is 1. The minimum Gasteiger partial charge on any atom is -0.338 e. The summed E-state index contributed by atoms with van der Waals surface area (Å²) in [5.41, 5.74) is 4.66. The predicted octanol–water partition coefficient (Wildman–Crippen LogP) is 3.96. The van der Waals surface area contributed by atoms with Crippen molar-refractivity contribution in [3.63, 3.8) is 0 Å². The number of fused-ring (bicyclic) bond motifs is 4. The van der Waals surface area contributed by atoms with Crippen molar-refractivity contribution in [2.45, 2.75) is 36.7 Å². The highest BCUT2D eigenvalue weighted by molar-refractivity contribution is 8.00. The Bertz CT molecular complexity index is 1200. The quantitative estimate of drug-likeness (QED) is 0.537. The lowest BCUT2D eigenvalue weighted by molar-refractivity contribution is -0.118. The number of thioether (sulfide) groups is 1. The Balaban J connectivity index is 1.41. The number of carbonyl (C=O) groups excluding carboxylic acids is 1. The highest BCUT2D eigenvalue weighted by Crippen LogP contribution is 2.34. The topological polar surface area (TPSA) is 74.8 Å². The number of para-hydroxylation sites is 2. The first-order chi connectivity index (χ1) is 13.6. The first-order valence-electron chi connectivity index (χ1n) is 9.30. The molecular weight excluding hydrogens is 370 g/mol. The number of anilines is 1. The number of nitrogens with zero attached hydrogens (tertiary/aromatic N) is 4. The lowest BCUT2D eigenvalue weighted by Gasteiger charge is -2.25. The molecule has 1 amide bonds. The van der Waals surface area contributed by atoms with Crippen molar-refractivity contribution in [2.75, 3.05) is 4.90 Å². The van der Waals surface area contributed by atoms with E-state index in [-0.39, 0.29) is 17.2 Å². The Morgan fingerprint density at radius 1 is 1.18 bits per heavy atom. The van der Waals surface area contributed by atoms with Gasteiger partial charge in [0.05, 0.1) is 5.25 Å². The third kappa shape index (κ3) is 2.74. The molecule has 0 fully saturated rings. The molecule has 7 heteroatoms. The zero-order valence-electron chi connectivity index (χ0n) is 15.6. The molecule has 6 nitrogen and oxygen atoms in total. The normalized spacial score (nSPS) is 17.2. The van der Waals surface area contributed by atoms with Crippen molar-refractivity contribution in [3.8, 4) is 0 Å². The van der Waals surface area contributed by atoms with E-state index in [1.165, 1.54) is 17.3 Å². The molecule has 0 aliphatic carbocycles. The largest absolute Gasteiger partial charge is 0.338 e. The fourth-order valence-electron chi connectivity index (χ4n) is 3.86. The third-order valence-corrected chi connectivity index (χ3v) is 6.12. The predicted molar refractivity (Wildman–Crippen MR) is 112 cm³/mol. The van der Waals surface area contributed by atoms with Crippen LogP contribution in [0.5, 0.6) is 0 Å². The van der Waals surface area contributed by atoms with Gasteiger partial charge >= 0.3 is 0 Å². The summed E-state index contributed by atoms with van der Waals surface area (Å²) in [5, 5.41) is 9.79. The van der Waals surface area contributed by atoms with Crippen LogP contribution in [0.25, 0.3) is 22.1 Å². The summed E-state index contributed by atoms with van der Waals surface area (Å²) in [6, 6.07) is 16.2. The fourth-order valence-corrected chi connectivity index (χ4v) is 4.62. The van der Waals surface area contributed by atoms with Gasteiger partial charge in [-0.25, -0.2) is 4.98 Å². The van der Waals surface area contributed by atoms with Gasteiger partial charge in [-0.1, -0.05) is 48.2 Å². The number of nitrogens with one attached hydrogen (secondary N) is 1. The van der Waals surface area contributed by atoms with Crippen LogP contribution in [0.15, 0.2) is 53.7 Å². The highest BCUT2D eigenvalue weighted by atomic mass is 32.2. The molecule has 1 N–H and O–H groups in total. The Labute approximate surface area is 166 Å². The average molecular weight is 389 g/mol. The number of rotatable bonds is 3. The molecule has 5 rings (SSSR count). The standard InChI is InChI=1S/C21H19N5OS/c1-12-11-14-7-3-6-10-17(14)26(12)20(27)13(2)28-21-23-19-18(24-25-21)15-8-4-5-9-16(15)22-19/h3-10,12-13H,11H2,1-2H3,(H,22,23,25)/t12-,13-/m0/s1. The summed E-state index contributed by atoms with van der Waals surface area (Å²) >= 11 is 1.34. The molecule has 28 heavy (non-hydrogen) atoms. The first kappa shape index (κ1) is 17.2. The van der Waals surface area contributed by atoms with Gasteiger partial charge in [-0.15, -0.1) is 10.2 Å². The molecule has 140 valence electrons. The minimum absolute atomic E-state index is 0.0720. The number of aromatic amines is 1. The van der Waals surface area contributed by atoms with Crippen LogP contribution in [-0.4, -0.2) is 37.4 Å². The lowest BCUT2D eigenvalue weighted by atomic mass is 10.1. The Kier molecular flexibility index (Phi) is 4.05. The number of aromatic nitrogens is 4. The second-order valence-electron chi connectivity index (χ2n) is 7.11. The van der Waals surface area contributed by atoms with Crippen LogP contribution in [-0.2, 0) is 11.2 Å². The van der Waals surface area contributed by atoms with Crippen LogP contribution in [0.3, 0.4) is 0 Å². The number of hydrogen-bond acceptors (Lipinski definition) is 5. The van der Waals surface area contributed by atoms with Crippen LogP contribution in [0.1, 0.15) is 19.4 Å². The first-order valence-corrected chi connectivity index (χ1v) is 10.2. The summed E-state index contributed by atoms with van der Waals surface area (Å²) in [6.07, 6.45) is 0.887. The van der Waals surface area contributed by atoms with E-state index in [1.54, 1.807) is 0 Å². The number of benzene rings is 2. The van der Waals surface area contributed by atoms with E-state index in [4.69, 9.17) is 0 Å². The summed E-state index contributed by atoms with van der Waals surface area (Å²) in [7, 11) is 0. The van der Waals surface area contributed by atoms with E-state index in [2.05, 4.69) is 33.2 Å². The van der Waals surface area contributed by atoms with Gasteiger partial charge in [0.1, 0.15) is 5.52 Å².